The number of benzene rings is 1. The zero-order chi connectivity index (χ0) is 12.1. The predicted octanol–water partition coefficient (Wildman–Crippen LogP) is 0.983. The second-order valence-corrected chi connectivity index (χ2v) is 4.16. The van der Waals surface area contributed by atoms with Gasteiger partial charge in [-0.2, -0.15) is 5.26 Å². The van der Waals surface area contributed by atoms with Gasteiger partial charge in [-0.25, -0.2) is 0 Å². The summed E-state index contributed by atoms with van der Waals surface area (Å²) >= 11 is 0. The van der Waals surface area contributed by atoms with Crippen molar-refractivity contribution in [3.05, 3.63) is 29.8 Å². The molecule has 1 aromatic rings. The number of rotatable bonds is 3. The summed E-state index contributed by atoms with van der Waals surface area (Å²) in [7, 11) is 1.93. The van der Waals surface area contributed by atoms with E-state index in [1.165, 1.54) is 0 Å². The Kier molecular flexibility index (Phi) is 3.97. The fourth-order valence-electron chi connectivity index (χ4n) is 2.05. The van der Waals surface area contributed by atoms with Gasteiger partial charge in [0.15, 0.2) is 0 Å². The van der Waals surface area contributed by atoms with Crippen molar-refractivity contribution in [1.82, 2.24) is 5.32 Å². The van der Waals surface area contributed by atoms with Crippen molar-refractivity contribution in [1.29, 1.82) is 5.26 Å². The highest BCUT2D eigenvalue weighted by Gasteiger charge is 2.19. The third-order valence-electron chi connectivity index (χ3n) is 2.93. The zero-order valence-electron chi connectivity index (χ0n) is 10.0. The van der Waals surface area contributed by atoms with Gasteiger partial charge in [0, 0.05) is 25.3 Å². The summed E-state index contributed by atoms with van der Waals surface area (Å²) in [4.78, 5) is 2.30. The maximum absolute atomic E-state index is 8.76. The van der Waals surface area contributed by atoms with Crippen LogP contribution in [0.15, 0.2) is 24.3 Å². The van der Waals surface area contributed by atoms with Crippen LogP contribution in [0.3, 0.4) is 0 Å². The van der Waals surface area contributed by atoms with Crippen LogP contribution in [0, 0.1) is 11.3 Å². The Bertz CT molecular complexity index is 394. The molecule has 2 rings (SSSR count). The molecule has 0 saturated carbocycles. The van der Waals surface area contributed by atoms with Crippen LogP contribution >= 0.6 is 0 Å². The summed E-state index contributed by atoms with van der Waals surface area (Å²) in [6.45, 7) is 3.43. The number of likely N-dealkylation sites (N-methyl/N-ethyl adjacent to an activating group) is 1. The Hall–Kier alpha value is -1.57. The van der Waals surface area contributed by atoms with Crippen molar-refractivity contribution in [2.75, 3.05) is 38.2 Å². The van der Waals surface area contributed by atoms with E-state index in [-0.39, 0.29) is 6.10 Å². The lowest BCUT2D eigenvalue weighted by atomic mass is 10.2. The van der Waals surface area contributed by atoms with Crippen molar-refractivity contribution in [3.8, 4) is 6.07 Å². The molecule has 0 aliphatic carbocycles. The molecule has 1 heterocycles. The number of nitriles is 1. The second kappa shape index (κ2) is 5.67. The van der Waals surface area contributed by atoms with Crippen LogP contribution in [0.5, 0.6) is 0 Å². The molecule has 17 heavy (non-hydrogen) atoms. The molecule has 90 valence electrons. The van der Waals surface area contributed by atoms with Gasteiger partial charge in [-0.1, -0.05) is 0 Å². The smallest absolute Gasteiger partial charge is 0.0991 e. The van der Waals surface area contributed by atoms with E-state index in [1.807, 2.05) is 31.3 Å². The highest BCUT2D eigenvalue weighted by atomic mass is 16.5. The number of nitrogens with zero attached hydrogens (tertiary/aromatic N) is 2. The zero-order valence-corrected chi connectivity index (χ0v) is 10.0. The van der Waals surface area contributed by atoms with E-state index in [4.69, 9.17) is 10.00 Å². The number of hydrogen-bond acceptors (Lipinski definition) is 4. The molecular formula is C13H17N3O. The van der Waals surface area contributed by atoms with Crippen LogP contribution in [-0.4, -0.2) is 39.4 Å². The Balaban J connectivity index is 2.03. The van der Waals surface area contributed by atoms with Gasteiger partial charge in [-0.15, -0.1) is 0 Å². The molecule has 1 fully saturated rings. The number of morpholine rings is 1. The fraction of sp³-hybridized carbons (Fsp3) is 0.462. The molecule has 1 saturated heterocycles. The van der Waals surface area contributed by atoms with Gasteiger partial charge in [0.25, 0.3) is 0 Å². The number of ether oxygens (including phenoxy) is 1. The number of anilines is 1. The van der Waals surface area contributed by atoms with E-state index in [9.17, 15) is 0 Å². The molecule has 0 radical (unpaired) electrons. The summed E-state index contributed by atoms with van der Waals surface area (Å²) in [5.41, 5.74) is 1.86. The standard InChI is InChI=1S/C13H17N3O/c1-15-9-13-10-16(6-7-17-13)12-4-2-11(8-14)3-5-12/h2-5,13,15H,6-7,9-10H2,1H3. The molecule has 1 atom stereocenters. The first-order valence-electron chi connectivity index (χ1n) is 5.85. The van der Waals surface area contributed by atoms with Gasteiger partial charge in [0.05, 0.1) is 24.3 Å². The quantitative estimate of drug-likeness (QED) is 0.842. The van der Waals surface area contributed by atoms with E-state index in [1.54, 1.807) is 0 Å². The maximum Gasteiger partial charge on any atom is 0.0991 e. The van der Waals surface area contributed by atoms with Gasteiger partial charge >= 0.3 is 0 Å². The third-order valence-corrected chi connectivity index (χ3v) is 2.93. The first-order chi connectivity index (χ1) is 8.33. The highest BCUT2D eigenvalue weighted by Crippen LogP contribution is 2.18. The average Bonchev–Trinajstić information content (AvgIpc) is 2.40. The Morgan fingerprint density at radius 1 is 1.47 bits per heavy atom. The molecule has 1 aliphatic heterocycles. The molecule has 1 aliphatic rings. The van der Waals surface area contributed by atoms with E-state index < -0.39 is 0 Å². The minimum atomic E-state index is 0.240. The number of nitrogens with one attached hydrogen (secondary N) is 1. The van der Waals surface area contributed by atoms with E-state index in [0.29, 0.717) is 5.56 Å². The number of hydrogen-bond donors (Lipinski definition) is 1. The van der Waals surface area contributed by atoms with Crippen molar-refractivity contribution < 1.29 is 4.74 Å². The molecule has 0 amide bonds. The maximum atomic E-state index is 8.76. The summed E-state index contributed by atoms with van der Waals surface area (Å²) in [5.74, 6) is 0. The largest absolute Gasteiger partial charge is 0.373 e. The second-order valence-electron chi connectivity index (χ2n) is 4.16. The summed E-state index contributed by atoms with van der Waals surface area (Å²) < 4.78 is 5.66. The van der Waals surface area contributed by atoms with Crippen molar-refractivity contribution >= 4 is 5.69 Å². The van der Waals surface area contributed by atoms with E-state index in [0.717, 1.165) is 31.9 Å². The molecule has 0 aromatic heterocycles. The first-order valence-corrected chi connectivity index (χ1v) is 5.85. The van der Waals surface area contributed by atoms with Gasteiger partial charge in [-0.05, 0) is 31.3 Å². The average molecular weight is 231 g/mol. The minimum Gasteiger partial charge on any atom is -0.373 e. The third kappa shape index (κ3) is 2.96. The van der Waals surface area contributed by atoms with Gasteiger partial charge in [0.2, 0.25) is 0 Å². The van der Waals surface area contributed by atoms with E-state index >= 15 is 0 Å². The molecular weight excluding hydrogens is 214 g/mol. The summed E-state index contributed by atoms with van der Waals surface area (Å²) in [5, 5.41) is 11.9. The van der Waals surface area contributed by atoms with Gasteiger partial charge < -0.3 is 15.0 Å². The lowest BCUT2D eigenvalue weighted by molar-refractivity contribution is 0.0422. The Morgan fingerprint density at radius 2 is 2.24 bits per heavy atom. The monoisotopic (exact) mass is 231 g/mol. The van der Waals surface area contributed by atoms with Crippen LogP contribution in [-0.2, 0) is 4.74 Å². The Labute approximate surface area is 102 Å². The fourth-order valence-corrected chi connectivity index (χ4v) is 2.05. The summed E-state index contributed by atoms with van der Waals surface area (Å²) in [6.07, 6.45) is 0.240. The molecule has 1 unspecified atom stereocenters. The van der Waals surface area contributed by atoms with Crippen molar-refractivity contribution in [2.24, 2.45) is 0 Å². The molecule has 0 bridgehead atoms. The van der Waals surface area contributed by atoms with Crippen LogP contribution < -0.4 is 10.2 Å². The summed E-state index contributed by atoms with van der Waals surface area (Å²) in [6, 6.07) is 9.85. The molecule has 1 N–H and O–H groups in total. The lowest BCUT2D eigenvalue weighted by Gasteiger charge is -2.34. The molecule has 4 heteroatoms. The SMILES string of the molecule is CNCC1CN(c2ccc(C#N)cc2)CCO1. The van der Waals surface area contributed by atoms with Crippen LogP contribution in [0.2, 0.25) is 0 Å². The molecule has 1 aromatic carbocycles. The van der Waals surface area contributed by atoms with Crippen LogP contribution in [0.25, 0.3) is 0 Å². The Morgan fingerprint density at radius 3 is 2.88 bits per heavy atom. The molecule has 4 nitrogen and oxygen atoms in total. The normalized spacial score (nSPS) is 20.0. The van der Waals surface area contributed by atoms with Gasteiger partial charge in [0.1, 0.15) is 0 Å². The topological polar surface area (TPSA) is 48.3 Å². The minimum absolute atomic E-state index is 0.240. The first kappa shape index (κ1) is 11.9. The lowest BCUT2D eigenvalue weighted by Crippen LogP contribution is -2.46. The predicted molar refractivity (Wildman–Crippen MR) is 67.0 cm³/mol. The highest BCUT2D eigenvalue weighted by molar-refractivity contribution is 5.50. The van der Waals surface area contributed by atoms with Crippen molar-refractivity contribution in [2.45, 2.75) is 6.10 Å². The van der Waals surface area contributed by atoms with E-state index in [2.05, 4.69) is 16.3 Å². The van der Waals surface area contributed by atoms with Crippen LogP contribution in [0.4, 0.5) is 5.69 Å². The molecule has 0 spiro atoms. The van der Waals surface area contributed by atoms with Crippen molar-refractivity contribution in [3.63, 3.8) is 0 Å². The van der Waals surface area contributed by atoms with Gasteiger partial charge in [-0.3, -0.25) is 0 Å². The van der Waals surface area contributed by atoms with Crippen LogP contribution in [0.1, 0.15) is 5.56 Å².